The van der Waals surface area contributed by atoms with E-state index < -0.39 is 5.60 Å². The third kappa shape index (κ3) is 4.64. The minimum Gasteiger partial charge on any atom is -0.444 e. The van der Waals surface area contributed by atoms with Gasteiger partial charge in [-0.15, -0.1) is 0 Å². The molecule has 3 rings (SSSR count). The van der Waals surface area contributed by atoms with Gasteiger partial charge in [-0.25, -0.2) is 14.3 Å². The van der Waals surface area contributed by atoms with E-state index in [1.165, 1.54) is 0 Å². The number of likely N-dealkylation sites (tertiary alicyclic amines) is 1. The van der Waals surface area contributed by atoms with Crippen LogP contribution in [0.15, 0.2) is 12.3 Å². The van der Waals surface area contributed by atoms with Gasteiger partial charge in [-0.05, 0) is 39.5 Å². The van der Waals surface area contributed by atoms with Gasteiger partial charge in [0.05, 0.1) is 17.6 Å². The lowest BCUT2D eigenvalue weighted by Crippen LogP contribution is -2.44. The number of ether oxygens (including phenoxy) is 1. The van der Waals surface area contributed by atoms with Crippen molar-refractivity contribution >= 4 is 29.0 Å². The molecule has 1 aliphatic heterocycles. The fourth-order valence-electron chi connectivity index (χ4n) is 3.21. The Labute approximate surface area is 165 Å². The maximum absolute atomic E-state index is 12.2. The fourth-order valence-corrected chi connectivity index (χ4v) is 3.39. The molecule has 0 unspecified atom stereocenters. The third-order valence-electron chi connectivity index (χ3n) is 4.56. The zero-order chi connectivity index (χ0) is 19.8. The van der Waals surface area contributed by atoms with E-state index in [2.05, 4.69) is 29.2 Å². The minimum absolute atomic E-state index is 0.241. The number of piperidine rings is 1. The number of fused-ring (bicyclic) bond motifs is 1. The summed E-state index contributed by atoms with van der Waals surface area (Å²) in [5, 5.41) is 8.36. The molecule has 27 heavy (non-hydrogen) atoms. The molecule has 1 amide bonds. The molecular formula is C19H28ClN5O2. The molecule has 8 heteroatoms. The topological polar surface area (TPSA) is 71.8 Å². The molecule has 1 saturated heterocycles. The zero-order valence-electron chi connectivity index (χ0n) is 16.6. The Hall–Kier alpha value is -2.02. The van der Waals surface area contributed by atoms with Gasteiger partial charge >= 0.3 is 6.09 Å². The number of rotatable bonds is 3. The smallest absolute Gasteiger partial charge is 0.410 e. The number of hydrogen-bond acceptors (Lipinski definition) is 5. The van der Waals surface area contributed by atoms with Crippen molar-refractivity contribution in [3.05, 3.63) is 23.1 Å². The van der Waals surface area contributed by atoms with Gasteiger partial charge in [-0.3, -0.25) is 0 Å². The lowest BCUT2D eigenvalue weighted by molar-refractivity contribution is 0.0210. The fraction of sp³-hybridized carbons (Fsp3) is 0.632. The molecule has 0 radical (unpaired) electrons. The second-order valence-corrected chi connectivity index (χ2v) is 8.73. The van der Waals surface area contributed by atoms with Crippen LogP contribution < -0.4 is 5.32 Å². The van der Waals surface area contributed by atoms with Gasteiger partial charge in [-0.2, -0.15) is 5.10 Å². The molecule has 0 atom stereocenters. The first-order chi connectivity index (χ1) is 12.6. The van der Waals surface area contributed by atoms with Crippen LogP contribution in [0.4, 0.5) is 10.5 Å². The Morgan fingerprint density at radius 2 is 2.00 bits per heavy atom. The van der Waals surface area contributed by atoms with Crippen LogP contribution in [0, 0.1) is 0 Å². The van der Waals surface area contributed by atoms with Gasteiger partial charge in [0, 0.05) is 25.2 Å². The van der Waals surface area contributed by atoms with Crippen molar-refractivity contribution in [2.24, 2.45) is 0 Å². The van der Waals surface area contributed by atoms with Crippen LogP contribution in [0.5, 0.6) is 0 Å². The third-order valence-corrected chi connectivity index (χ3v) is 4.75. The first-order valence-corrected chi connectivity index (χ1v) is 9.80. The van der Waals surface area contributed by atoms with Gasteiger partial charge in [0.1, 0.15) is 5.60 Å². The summed E-state index contributed by atoms with van der Waals surface area (Å²) in [4.78, 5) is 18.5. The van der Waals surface area contributed by atoms with Gasteiger partial charge in [0.15, 0.2) is 10.8 Å². The van der Waals surface area contributed by atoms with Gasteiger partial charge < -0.3 is 15.0 Å². The molecule has 2 aromatic rings. The Morgan fingerprint density at radius 1 is 1.33 bits per heavy atom. The van der Waals surface area contributed by atoms with Gasteiger partial charge in [-0.1, -0.05) is 25.4 Å². The number of nitrogens with one attached hydrogen (secondary N) is 1. The molecule has 0 aromatic carbocycles. The second-order valence-electron chi connectivity index (χ2n) is 8.34. The van der Waals surface area contributed by atoms with Crippen LogP contribution in [0.2, 0.25) is 5.15 Å². The van der Waals surface area contributed by atoms with Crippen molar-refractivity contribution in [2.45, 2.75) is 65.0 Å². The average Bonchev–Trinajstić information content (AvgIpc) is 2.98. The molecule has 1 N–H and O–H groups in total. The summed E-state index contributed by atoms with van der Waals surface area (Å²) in [5.74, 6) is 0.302. The Balaban J connectivity index is 1.68. The molecular weight excluding hydrogens is 366 g/mol. The van der Waals surface area contributed by atoms with Crippen molar-refractivity contribution in [3.63, 3.8) is 0 Å². The number of carbonyl (C=O) groups excluding carboxylic acids is 1. The zero-order valence-corrected chi connectivity index (χ0v) is 17.4. The summed E-state index contributed by atoms with van der Waals surface area (Å²) in [6.07, 6.45) is 3.27. The number of imidazole rings is 1. The van der Waals surface area contributed by atoms with E-state index in [0.717, 1.165) is 29.9 Å². The highest BCUT2D eigenvalue weighted by Crippen LogP contribution is 2.26. The highest BCUT2D eigenvalue weighted by Gasteiger charge is 2.27. The van der Waals surface area contributed by atoms with Crippen molar-refractivity contribution < 1.29 is 9.53 Å². The molecule has 7 nitrogen and oxygen atoms in total. The molecule has 2 aromatic heterocycles. The largest absolute Gasteiger partial charge is 0.444 e. The van der Waals surface area contributed by atoms with Crippen LogP contribution in [-0.4, -0.2) is 50.3 Å². The number of nitrogens with zero attached hydrogens (tertiary/aromatic N) is 4. The van der Waals surface area contributed by atoms with E-state index in [1.807, 2.05) is 37.5 Å². The molecule has 1 aliphatic rings. The monoisotopic (exact) mass is 393 g/mol. The minimum atomic E-state index is -0.472. The lowest BCUT2D eigenvalue weighted by Gasteiger charge is -2.34. The first kappa shape index (κ1) is 19.7. The lowest BCUT2D eigenvalue weighted by atomic mass is 10.1. The number of halogens is 1. The van der Waals surface area contributed by atoms with Crippen molar-refractivity contribution in [3.8, 4) is 0 Å². The molecule has 3 heterocycles. The highest BCUT2D eigenvalue weighted by atomic mass is 35.5. The van der Waals surface area contributed by atoms with E-state index in [1.54, 1.807) is 4.90 Å². The quantitative estimate of drug-likeness (QED) is 0.840. The number of amides is 1. The predicted octanol–water partition coefficient (Wildman–Crippen LogP) is 4.32. The van der Waals surface area contributed by atoms with E-state index in [-0.39, 0.29) is 12.1 Å². The number of carbonyl (C=O) groups is 1. The van der Waals surface area contributed by atoms with E-state index in [0.29, 0.717) is 24.2 Å². The summed E-state index contributed by atoms with van der Waals surface area (Å²) in [5.41, 5.74) is 2.20. The van der Waals surface area contributed by atoms with Gasteiger partial charge in [0.2, 0.25) is 0 Å². The SMILES string of the molecule is CC(C)c1cnc2c(NC3CCN(C(=O)OC(C)(C)C)CC3)cc(Cl)nn12. The Bertz CT molecular complexity index is 819. The van der Waals surface area contributed by atoms with E-state index >= 15 is 0 Å². The van der Waals surface area contributed by atoms with Crippen LogP contribution in [0.1, 0.15) is 59.1 Å². The van der Waals surface area contributed by atoms with Crippen LogP contribution in [-0.2, 0) is 4.74 Å². The highest BCUT2D eigenvalue weighted by molar-refractivity contribution is 6.29. The molecule has 0 spiro atoms. The average molecular weight is 394 g/mol. The standard InChI is InChI=1S/C19H28ClN5O2/c1-12(2)15-11-21-17-14(10-16(20)23-25(15)17)22-13-6-8-24(9-7-13)18(26)27-19(3,4)5/h10-13,22H,6-9H2,1-5H3. The number of anilines is 1. The first-order valence-electron chi connectivity index (χ1n) is 9.42. The summed E-state index contributed by atoms with van der Waals surface area (Å²) in [6, 6.07) is 2.05. The molecule has 0 aliphatic carbocycles. The van der Waals surface area contributed by atoms with Crippen LogP contribution in [0.25, 0.3) is 5.65 Å². The predicted molar refractivity (Wildman–Crippen MR) is 107 cm³/mol. The number of aromatic nitrogens is 3. The van der Waals surface area contributed by atoms with E-state index in [4.69, 9.17) is 16.3 Å². The molecule has 0 saturated carbocycles. The van der Waals surface area contributed by atoms with Crippen LogP contribution >= 0.6 is 11.6 Å². The van der Waals surface area contributed by atoms with E-state index in [9.17, 15) is 4.79 Å². The molecule has 1 fully saturated rings. The summed E-state index contributed by atoms with van der Waals surface area (Å²) < 4.78 is 7.27. The Kier molecular flexibility index (Phi) is 5.51. The second kappa shape index (κ2) is 7.54. The summed E-state index contributed by atoms with van der Waals surface area (Å²) >= 11 is 6.23. The van der Waals surface area contributed by atoms with Crippen molar-refractivity contribution in [1.82, 2.24) is 19.5 Å². The maximum Gasteiger partial charge on any atom is 0.410 e. The summed E-state index contributed by atoms with van der Waals surface area (Å²) in [7, 11) is 0. The number of hydrogen-bond donors (Lipinski definition) is 1. The van der Waals surface area contributed by atoms with Crippen LogP contribution in [0.3, 0.4) is 0 Å². The van der Waals surface area contributed by atoms with Gasteiger partial charge in [0.25, 0.3) is 0 Å². The maximum atomic E-state index is 12.2. The summed E-state index contributed by atoms with van der Waals surface area (Å²) in [6.45, 7) is 11.2. The van der Waals surface area contributed by atoms with Crippen molar-refractivity contribution in [2.75, 3.05) is 18.4 Å². The Morgan fingerprint density at radius 3 is 2.59 bits per heavy atom. The molecule has 148 valence electrons. The van der Waals surface area contributed by atoms with Crippen molar-refractivity contribution in [1.29, 1.82) is 0 Å². The molecule has 0 bridgehead atoms. The normalized spacial score (nSPS) is 16.2.